The summed E-state index contributed by atoms with van der Waals surface area (Å²) in [7, 11) is 1.51. The van der Waals surface area contributed by atoms with Gasteiger partial charge in [-0.15, -0.1) is 0 Å². The summed E-state index contributed by atoms with van der Waals surface area (Å²) in [5.74, 6) is -0.529. The van der Waals surface area contributed by atoms with E-state index in [-0.39, 0.29) is 0 Å². The number of hydrogen-bond acceptors (Lipinski definition) is 3. The summed E-state index contributed by atoms with van der Waals surface area (Å²) in [6.45, 7) is 1.98. The minimum atomic E-state index is -1.14. The molecule has 1 unspecified atom stereocenters. The van der Waals surface area contributed by atoms with Crippen LogP contribution in [0.4, 0.5) is 0 Å². The van der Waals surface area contributed by atoms with E-state index in [1.807, 2.05) is 37.3 Å². The van der Waals surface area contributed by atoms with E-state index in [9.17, 15) is 9.90 Å². The van der Waals surface area contributed by atoms with Gasteiger partial charge in [-0.3, -0.25) is 4.79 Å². The van der Waals surface area contributed by atoms with Gasteiger partial charge in [0.1, 0.15) is 5.41 Å². The highest BCUT2D eigenvalue weighted by Gasteiger charge is 2.43. The Labute approximate surface area is 124 Å². The van der Waals surface area contributed by atoms with E-state index < -0.39 is 11.4 Å². The third kappa shape index (κ3) is 2.61. The molecule has 0 aliphatic carbocycles. The van der Waals surface area contributed by atoms with Gasteiger partial charge >= 0.3 is 5.97 Å². The van der Waals surface area contributed by atoms with Gasteiger partial charge in [0.05, 0.1) is 7.11 Å². The van der Waals surface area contributed by atoms with Gasteiger partial charge in [0.25, 0.3) is 0 Å². The molecule has 4 nitrogen and oxygen atoms in total. The van der Waals surface area contributed by atoms with E-state index >= 15 is 0 Å². The first kappa shape index (κ1) is 15.0. The molecule has 0 aliphatic heterocycles. The van der Waals surface area contributed by atoms with Gasteiger partial charge in [-0.25, -0.2) is 4.98 Å². The molecule has 0 radical (unpaired) electrons. The number of nitrogens with zero attached hydrogens (tertiary/aromatic N) is 1. The van der Waals surface area contributed by atoms with Gasteiger partial charge in [-0.05, 0) is 18.1 Å². The lowest BCUT2D eigenvalue weighted by Gasteiger charge is -2.31. The molecule has 1 atom stereocenters. The van der Waals surface area contributed by atoms with Crippen molar-refractivity contribution in [2.75, 3.05) is 7.11 Å². The van der Waals surface area contributed by atoms with E-state index in [2.05, 4.69) is 4.98 Å². The van der Waals surface area contributed by atoms with Crippen LogP contribution in [0.25, 0.3) is 0 Å². The normalized spacial score (nSPS) is 13.4. The van der Waals surface area contributed by atoms with Crippen LogP contribution in [0.3, 0.4) is 0 Å². The Hall–Kier alpha value is -2.36. The molecule has 21 heavy (non-hydrogen) atoms. The van der Waals surface area contributed by atoms with E-state index in [1.165, 1.54) is 7.11 Å². The van der Waals surface area contributed by atoms with Gasteiger partial charge in [-0.1, -0.05) is 49.7 Å². The van der Waals surface area contributed by atoms with Gasteiger partial charge in [0.2, 0.25) is 5.88 Å². The maximum absolute atomic E-state index is 12.2. The number of benzene rings is 1. The maximum atomic E-state index is 12.2. The van der Waals surface area contributed by atoms with Crippen molar-refractivity contribution in [3.8, 4) is 5.88 Å². The molecule has 2 rings (SSSR count). The minimum Gasteiger partial charge on any atom is -0.481 e. The zero-order valence-electron chi connectivity index (χ0n) is 12.2. The second kappa shape index (κ2) is 6.39. The zero-order valence-corrected chi connectivity index (χ0v) is 12.2. The Morgan fingerprint density at radius 3 is 2.52 bits per heavy atom. The predicted octanol–water partition coefficient (Wildman–Crippen LogP) is 3.26. The van der Waals surface area contributed by atoms with Crippen molar-refractivity contribution < 1.29 is 14.6 Å². The third-order valence-electron chi connectivity index (χ3n) is 3.68. The fourth-order valence-electron chi connectivity index (χ4n) is 2.76. The fourth-order valence-corrected chi connectivity index (χ4v) is 2.76. The Kier molecular flexibility index (Phi) is 4.58. The molecule has 0 spiro atoms. The Balaban J connectivity index is 2.74. The summed E-state index contributed by atoms with van der Waals surface area (Å²) in [6, 6.07) is 12.8. The maximum Gasteiger partial charge on any atom is 0.318 e. The molecule has 1 heterocycles. The number of hydrogen-bond donors (Lipinski definition) is 1. The largest absolute Gasteiger partial charge is 0.481 e. The van der Waals surface area contributed by atoms with Crippen LogP contribution in [-0.2, 0) is 10.2 Å². The standard InChI is InChI=1S/C17H19NO3/c1-3-11-17(16(19)20,13-8-5-4-6-9-13)14-10-7-12-18-15(14)21-2/h4-10,12H,3,11H2,1-2H3,(H,19,20). The summed E-state index contributed by atoms with van der Waals surface area (Å²) in [4.78, 5) is 16.4. The number of carboxylic acid groups (broad SMARTS) is 1. The Morgan fingerprint density at radius 2 is 1.95 bits per heavy atom. The zero-order chi connectivity index (χ0) is 15.3. The molecule has 4 heteroatoms. The van der Waals surface area contributed by atoms with E-state index in [4.69, 9.17) is 4.74 Å². The molecule has 0 aliphatic rings. The van der Waals surface area contributed by atoms with Crippen molar-refractivity contribution in [2.45, 2.75) is 25.2 Å². The summed E-state index contributed by atoms with van der Waals surface area (Å²) in [5.41, 5.74) is 0.189. The van der Waals surface area contributed by atoms with Crippen molar-refractivity contribution in [2.24, 2.45) is 0 Å². The molecule has 0 saturated heterocycles. The van der Waals surface area contributed by atoms with Crippen molar-refractivity contribution in [1.29, 1.82) is 0 Å². The average Bonchev–Trinajstić information content (AvgIpc) is 2.53. The molecule has 2 aromatic rings. The molecule has 0 saturated carbocycles. The van der Waals surface area contributed by atoms with Gasteiger partial charge < -0.3 is 9.84 Å². The second-order valence-electron chi connectivity index (χ2n) is 4.89. The van der Waals surface area contributed by atoms with Crippen molar-refractivity contribution in [3.63, 3.8) is 0 Å². The Bertz CT molecular complexity index is 612. The van der Waals surface area contributed by atoms with Gasteiger partial charge in [0.15, 0.2) is 0 Å². The molecule has 0 amide bonds. The number of methoxy groups -OCH3 is 1. The van der Waals surface area contributed by atoms with Crippen LogP contribution in [0.5, 0.6) is 5.88 Å². The highest BCUT2D eigenvalue weighted by molar-refractivity contribution is 5.86. The lowest BCUT2D eigenvalue weighted by atomic mass is 9.71. The van der Waals surface area contributed by atoms with Gasteiger partial charge in [0, 0.05) is 11.8 Å². The number of ether oxygens (including phenoxy) is 1. The number of pyridine rings is 1. The molecule has 1 N–H and O–H groups in total. The molecular weight excluding hydrogens is 266 g/mol. The molecule has 1 aromatic heterocycles. The Morgan fingerprint density at radius 1 is 1.24 bits per heavy atom. The average molecular weight is 285 g/mol. The smallest absolute Gasteiger partial charge is 0.318 e. The van der Waals surface area contributed by atoms with Crippen LogP contribution in [0.2, 0.25) is 0 Å². The van der Waals surface area contributed by atoms with Crippen molar-refractivity contribution in [1.82, 2.24) is 4.98 Å². The number of rotatable bonds is 6. The van der Waals surface area contributed by atoms with Crippen LogP contribution in [0.15, 0.2) is 48.7 Å². The monoisotopic (exact) mass is 285 g/mol. The number of carbonyl (C=O) groups is 1. The first-order valence-corrected chi connectivity index (χ1v) is 6.95. The molecular formula is C17H19NO3. The van der Waals surface area contributed by atoms with E-state index in [0.29, 0.717) is 17.9 Å². The fraction of sp³-hybridized carbons (Fsp3) is 0.294. The first-order chi connectivity index (χ1) is 10.2. The number of carboxylic acids is 1. The summed E-state index contributed by atoms with van der Waals surface area (Å²) in [6.07, 6.45) is 2.82. The van der Waals surface area contributed by atoms with Gasteiger partial charge in [-0.2, -0.15) is 0 Å². The summed E-state index contributed by atoms with van der Waals surface area (Å²) in [5, 5.41) is 10.00. The third-order valence-corrected chi connectivity index (χ3v) is 3.68. The number of aromatic nitrogens is 1. The van der Waals surface area contributed by atoms with Crippen LogP contribution in [-0.4, -0.2) is 23.2 Å². The summed E-state index contributed by atoms with van der Waals surface area (Å²) < 4.78 is 5.29. The predicted molar refractivity (Wildman–Crippen MR) is 80.6 cm³/mol. The molecule has 0 fully saturated rings. The second-order valence-corrected chi connectivity index (χ2v) is 4.89. The summed E-state index contributed by atoms with van der Waals surface area (Å²) >= 11 is 0. The van der Waals surface area contributed by atoms with E-state index in [1.54, 1.807) is 18.3 Å². The van der Waals surface area contributed by atoms with Crippen LogP contribution < -0.4 is 4.74 Å². The lowest BCUT2D eigenvalue weighted by molar-refractivity contribution is -0.142. The van der Waals surface area contributed by atoms with E-state index in [0.717, 1.165) is 12.0 Å². The molecule has 110 valence electrons. The number of aliphatic carboxylic acids is 1. The van der Waals surface area contributed by atoms with Crippen LogP contribution in [0.1, 0.15) is 30.9 Å². The SMILES string of the molecule is CCCC(C(=O)O)(c1ccccc1)c1cccnc1OC. The molecule has 0 bridgehead atoms. The van der Waals surface area contributed by atoms with Crippen molar-refractivity contribution in [3.05, 3.63) is 59.8 Å². The topological polar surface area (TPSA) is 59.4 Å². The minimum absolute atomic E-state index is 0.359. The first-order valence-electron chi connectivity index (χ1n) is 6.95. The lowest BCUT2D eigenvalue weighted by Crippen LogP contribution is -2.37. The molecule has 1 aromatic carbocycles. The van der Waals surface area contributed by atoms with Crippen LogP contribution >= 0.6 is 0 Å². The highest BCUT2D eigenvalue weighted by atomic mass is 16.5. The quantitative estimate of drug-likeness (QED) is 0.885. The van der Waals surface area contributed by atoms with Crippen LogP contribution in [0, 0.1) is 0 Å². The highest BCUT2D eigenvalue weighted by Crippen LogP contribution is 2.40. The van der Waals surface area contributed by atoms with Crippen molar-refractivity contribution >= 4 is 5.97 Å².